The molecule has 32 heavy (non-hydrogen) atoms. The van der Waals surface area contributed by atoms with Gasteiger partial charge in [-0.15, -0.1) is 0 Å². The molecular formula is C25H29N5O2. The van der Waals surface area contributed by atoms with Gasteiger partial charge in [0.05, 0.1) is 11.9 Å². The molecule has 0 N–H and O–H groups in total. The van der Waals surface area contributed by atoms with Crippen LogP contribution in [0.5, 0.6) is 0 Å². The molecule has 1 aromatic carbocycles. The van der Waals surface area contributed by atoms with Crippen molar-refractivity contribution >= 4 is 11.8 Å². The lowest BCUT2D eigenvalue weighted by atomic mass is 9.94. The molecule has 7 heteroatoms. The van der Waals surface area contributed by atoms with Gasteiger partial charge in [0.2, 0.25) is 5.91 Å². The Morgan fingerprint density at radius 1 is 0.812 bits per heavy atom. The van der Waals surface area contributed by atoms with E-state index in [0.717, 1.165) is 50.3 Å². The minimum atomic E-state index is -0.0280. The highest BCUT2D eigenvalue weighted by molar-refractivity contribution is 5.97. The fraction of sp³-hybridized carbons (Fsp3) is 0.400. The summed E-state index contributed by atoms with van der Waals surface area (Å²) in [7, 11) is 0. The summed E-state index contributed by atoms with van der Waals surface area (Å²) >= 11 is 0. The van der Waals surface area contributed by atoms with Crippen molar-refractivity contribution in [1.29, 1.82) is 0 Å². The molecule has 166 valence electrons. The van der Waals surface area contributed by atoms with E-state index in [1.54, 1.807) is 10.9 Å². The van der Waals surface area contributed by atoms with Gasteiger partial charge in [-0.2, -0.15) is 5.10 Å². The Kier molecular flexibility index (Phi) is 5.79. The third-order valence-corrected chi connectivity index (χ3v) is 6.62. The second-order valence-electron chi connectivity index (χ2n) is 8.67. The van der Waals surface area contributed by atoms with Crippen LogP contribution in [0.1, 0.15) is 42.5 Å². The molecule has 0 radical (unpaired) electrons. The summed E-state index contributed by atoms with van der Waals surface area (Å²) in [5.41, 5.74) is 1.48. The van der Waals surface area contributed by atoms with E-state index in [4.69, 9.17) is 0 Å². The molecule has 2 fully saturated rings. The minimum Gasteiger partial charge on any atom is -0.342 e. The van der Waals surface area contributed by atoms with Crippen LogP contribution in [-0.2, 0) is 4.79 Å². The van der Waals surface area contributed by atoms with Crippen molar-refractivity contribution in [2.24, 2.45) is 5.92 Å². The number of aromatic nitrogens is 3. The van der Waals surface area contributed by atoms with Gasteiger partial charge in [-0.1, -0.05) is 18.2 Å². The average molecular weight is 432 g/mol. The fourth-order valence-corrected chi connectivity index (χ4v) is 4.85. The molecule has 3 aromatic rings. The number of para-hydroxylation sites is 1. The van der Waals surface area contributed by atoms with E-state index in [-0.39, 0.29) is 17.7 Å². The molecule has 2 saturated heterocycles. The van der Waals surface area contributed by atoms with Gasteiger partial charge in [-0.25, -0.2) is 4.68 Å². The second kappa shape index (κ2) is 9.02. The largest absolute Gasteiger partial charge is 0.342 e. The van der Waals surface area contributed by atoms with Gasteiger partial charge in [0.1, 0.15) is 5.56 Å². The molecule has 7 nitrogen and oxygen atoms in total. The van der Waals surface area contributed by atoms with Crippen LogP contribution in [0.2, 0.25) is 0 Å². The quantitative estimate of drug-likeness (QED) is 0.635. The van der Waals surface area contributed by atoms with Crippen molar-refractivity contribution in [3.8, 4) is 11.5 Å². The molecule has 0 atom stereocenters. The maximum Gasteiger partial charge on any atom is 0.259 e. The Bertz CT molecular complexity index is 1060. The van der Waals surface area contributed by atoms with Crippen molar-refractivity contribution in [1.82, 2.24) is 24.1 Å². The highest BCUT2D eigenvalue weighted by Crippen LogP contribution is 2.26. The Labute approximate surface area is 188 Å². The van der Waals surface area contributed by atoms with Crippen LogP contribution in [-0.4, -0.2) is 62.1 Å². The van der Waals surface area contributed by atoms with E-state index < -0.39 is 0 Å². The SMILES string of the molecule is O=C(c1cnn(-c2ccccc2)c1-n1cccc1)N1CCC(C(=O)N2CCCCC2)CC1. The second-order valence-corrected chi connectivity index (χ2v) is 8.67. The molecule has 4 heterocycles. The lowest BCUT2D eigenvalue weighted by Gasteiger charge is -2.35. The van der Waals surface area contributed by atoms with E-state index in [1.165, 1.54) is 6.42 Å². The molecule has 0 spiro atoms. The summed E-state index contributed by atoms with van der Waals surface area (Å²) in [5, 5.41) is 4.55. The van der Waals surface area contributed by atoms with Crippen LogP contribution in [0.25, 0.3) is 11.5 Å². The summed E-state index contributed by atoms with van der Waals surface area (Å²) in [5.74, 6) is 1.02. The molecular weight excluding hydrogens is 402 g/mol. The number of likely N-dealkylation sites (tertiary alicyclic amines) is 2. The first-order chi connectivity index (χ1) is 15.7. The van der Waals surface area contributed by atoms with Crippen LogP contribution < -0.4 is 0 Å². The van der Waals surface area contributed by atoms with Crippen LogP contribution in [0.4, 0.5) is 0 Å². The molecule has 2 amide bonds. The number of nitrogens with zero attached hydrogens (tertiary/aromatic N) is 5. The normalized spacial score (nSPS) is 17.5. The number of carbonyl (C=O) groups excluding carboxylic acids is 2. The van der Waals surface area contributed by atoms with Crippen molar-refractivity contribution in [3.63, 3.8) is 0 Å². The molecule has 2 aliphatic heterocycles. The number of piperidine rings is 2. The van der Waals surface area contributed by atoms with Crippen LogP contribution in [0.15, 0.2) is 61.1 Å². The smallest absolute Gasteiger partial charge is 0.259 e. The monoisotopic (exact) mass is 431 g/mol. The van der Waals surface area contributed by atoms with Crippen molar-refractivity contribution in [2.75, 3.05) is 26.2 Å². The minimum absolute atomic E-state index is 0.0280. The summed E-state index contributed by atoms with van der Waals surface area (Å²) in [6.07, 6.45) is 10.4. The average Bonchev–Trinajstić information content (AvgIpc) is 3.54. The number of hydrogen-bond acceptors (Lipinski definition) is 3. The van der Waals surface area contributed by atoms with Crippen LogP contribution in [0.3, 0.4) is 0 Å². The van der Waals surface area contributed by atoms with Crippen LogP contribution >= 0.6 is 0 Å². The Morgan fingerprint density at radius 2 is 1.50 bits per heavy atom. The summed E-state index contributed by atoms with van der Waals surface area (Å²) in [6, 6.07) is 13.7. The molecule has 0 saturated carbocycles. The van der Waals surface area contributed by atoms with E-state index >= 15 is 0 Å². The molecule has 5 rings (SSSR count). The molecule has 2 aromatic heterocycles. The predicted molar refractivity (Wildman–Crippen MR) is 122 cm³/mol. The first kappa shape index (κ1) is 20.5. The number of hydrogen-bond donors (Lipinski definition) is 0. The first-order valence-corrected chi connectivity index (χ1v) is 11.6. The van der Waals surface area contributed by atoms with Crippen molar-refractivity contribution in [2.45, 2.75) is 32.1 Å². The number of amides is 2. The molecule has 0 aliphatic carbocycles. The number of rotatable bonds is 4. The first-order valence-electron chi connectivity index (χ1n) is 11.6. The highest BCUT2D eigenvalue weighted by Gasteiger charge is 2.32. The predicted octanol–water partition coefficient (Wildman–Crippen LogP) is 3.53. The summed E-state index contributed by atoms with van der Waals surface area (Å²) in [4.78, 5) is 30.3. The lowest BCUT2D eigenvalue weighted by molar-refractivity contribution is -0.137. The van der Waals surface area contributed by atoms with E-state index in [9.17, 15) is 9.59 Å². The number of benzene rings is 1. The van der Waals surface area contributed by atoms with Gasteiger partial charge in [0.25, 0.3) is 5.91 Å². The van der Waals surface area contributed by atoms with Gasteiger partial charge < -0.3 is 14.4 Å². The van der Waals surface area contributed by atoms with Crippen molar-refractivity contribution in [3.05, 3.63) is 66.6 Å². The van der Waals surface area contributed by atoms with Gasteiger partial charge in [0, 0.05) is 44.5 Å². The van der Waals surface area contributed by atoms with E-state index in [1.807, 2.05) is 69.2 Å². The maximum atomic E-state index is 13.5. The summed E-state index contributed by atoms with van der Waals surface area (Å²) in [6.45, 7) is 2.98. The lowest BCUT2D eigenvalue weighted by Crippen LogP contribution is -2.45. The number of carbonyl (C=O) groups is 2. The van der Waals surface area contributed by atoms with Crippen LogP contribution in [0, 0.1) is 5.92 Å². The van der Waals surface area contributed by atoms with Gasteiger partial charge in [0.15, 0.2) is 5.82 Å². The topological polar surface area (TPSA) is 63.4 Å². The van der Waals surface area contributed by atoms with Gasteiger partial charge in [-0.05, 0) is 56.4 Å². The Hall–Kier alpha value is -3.35. The summed E-state index contributed by atoms with van der Waals surface area (Å²) < 4.78 is 3.74. The zero-order valence-electron chi connectivity index (χ0n) is 18.3. The Balaban J connectivity index is 1.34. The zero-order valence-corrected chi connectivity index (χ0v) is 18.3. The molecule has 0 bridgehead atoms. The maximum absolute atomic E-state index is 13.5. The van der Waals surface area contributed by atoms with Gasteiger partial charge in [-0.3, -0.25) is 9.59 Å². The molecule has 0 unspecified atom stereocenters. The molecule has 2 aliphatic rings. The van der Waals surface area contributed by atoms with E-state index in [2.05, 4.69) is 5.10 Å². The zero-order chi connectivity index (χ0) is 21.9. The van der Waals surface area contributed by atoms with E-state index in [0.29, 0.717) is 18.7 Å². The third kappa shape index (κ3) is 3.95. The Morgan fingerprint density at radius 3 is 2.19 bits per heavy atom. The highest BCUT2D eigenvalue weighted by atomic mass is 16.2. The van der Waals surface area contributed by atoms with Gasteiger partial charge >= 0.3 is 0 Å². The van der Waals surface area contributed by atoms with Crippen molar-refractivity contribution < 1.29 is 9.59 Å². The standard InChI is InChI=1S/C25H29N5O2/c31-24(28-15-5-2-6-16-28)20-11-17-29(18-12-20)25(32)22-19-26-30(21-9-3-1-4-10-21)23(22)27-13-7-8-14-27/h1,3-4,7-10,13-14,19-20H,2,5-6,11-12,15-18H2. The third-order valence-electron chi connectivity index (χ3n) is 6.62. The fourth-order valence-electron chi connectivity index (χ4n) is 4.85.